The van der Waals surface area contributed by atoms with Gasteiger partial charge in [-0.15, -0.1) is 22.7 Å². The first-order chi connectivity index (χ1) is 21.0. The average Bonchev–Trinajstić information content (AvgIpc) is 3.57. The van der Waals surface area contributed by atoms with Gasteiger partial charge >= 0.3 is 0 Å². The molecule has 4 heteroatoms. The lowest BCUT2D eigenvalue weighted by molar-refractivity contribution is 0.414. The molecule has 0 fully saturated rings. The van der Waals surface area contributed by atoms with E-state index in [1.165, 1.54) is 51.8 Å². The van der Waals surface area contributed by atoms with Gasteiger partial charge in [-0.25, -0.2) is 0 Å². The lowest BCUT2D eigenvalue weighted by Gasteiger charge is -2.16. The summed E-state index contributed by atoms with van der Waals surface area (Å²) in [5.41, 5.74) is 7.37. The van der Waals surface area contributed by atoms with Gasteiger partial charge in [0.25, 0.3) is 0 Å². The van der Waals surface area contributed by atoms with Gasteiger partial charge in [-0.2, -0.15) is 0 Å². The van der Waals surface area contributed by atoms with Crippen LogP contribution in [-0.2, 0) is 12.8 Å². The number of hydrogen-bond acceptors (Lipinski definition) is 4. The fourth-order valence-electron chi connectivity index (χ4n) is 6.17. The van der Waals surface area contributed by atoms with E-state index < -0.39 is 0 Å². The Bertz CT molecular complexity index is 2150. The van der Waals surface area contributed by atoms with Crippen LogP contribution in [0.2, 0.25) is 0 Å². The molecule has 0 atom stereocenters. The van der Waals surface area contributed by atoms with E-state index in [0.29, 0.717) is 0 Å². The summed E-state index contributed by atoms with van der Waals surface area (Å²) < 4.78 is 2.54. The zero-order chi connectivity index (χ0) is 30.6. The van der Waals surface area contributed by atoms with E-state index in [1.807, 2.05) is 35.1 Å². The molecule has 7 rings (SSSR count). The minimum Gasteiger partial charge on any atom is -0.255 e. The highest BCUT2D eigenvalue weighted by Gasteiger charge is 2.18. The molecule has 4 heterocycles. The summed E-state index contributed by atoms with van der Waals surface area (Å²) in [6.07, 6.45) is 6.04. The largest absolute Gasteiger partial charge is 0.255 e. The Balaban J connectivity index is 1.31. The van der Waals surface area contributed by atoms with Crippen molar-refractivity contribution in [1.82, 2.24) is 9.97 Å². The van der Waals surface area contributed by atoms with Crippen LogP contribution in [0.3, 0.4) is 0 Å². The summed E-state index contributed by atoms with van der Waals surface area (Å²) >= 11 is 3.77. The molecule has 0 aliphatic carbocycles. The molecule has 4 aromatic heterocycles. The smallest absolute Gasteiger partial charge is 0.0880 e. The van der Waals surface area contributed by atoms with Gasteiger partial charge in [-0.1, -0.05) is 90.1 Å². The van der Waals surface area contributed by atoms with Crippen LogP contribution >= 0.6 is 22.7 Å². The highest BCUT2D eigenvalue weighted by molar-refractivity contribution is 7.20. The molecule has 2 nitrogen and oxygen atoms in total. The number of pyridine rings is 2. The topological polar surface area (TPSA) is 25.8 Å². The fourth-order valence-corrected chi connectivity index (χ4v) is 9.10. The van der Waals surface area contributed by atoms with Crippen molar-refractivity contribution < 1.29 is 0 Å². The molecule has 0 N–H and O–H groups in total. The molecule has 220 valence electrons. The Morgan fingerprint density at radius 2 is 1.07 bits per heavy atom. The van der Waals surface area contributed by atoms with Gasteiger partial charge in [-0.3, -0.25) is 9.97 Å². The normalized spacial score (nSPS) is 12.5. The Labute approximate surface area is 268 Å². The molecule has 0 bridgehead atoms. The summed E-state index contributed by atoms with van der Waals surface area (Å²) in [5.74, 6) is 0. The quantitative estimate of drug-likeness (QED) is 0.194. The van der Waals surface area contributed by atoms with Crippen molar-refractivity contribution in [1.29, 1.82) is 0 Å². The number of benzene rings is 3. The SMILES string of the molecule is CC(C)(C)Cc1cc2ccnc(-c3cccc(-c4cccc5ccc(-c6nccc7cc(CC(C)(C)C)sc67)cc45)c3)c2s1. The van der Waals surface area contributed by atoms with E-state index in [4.69, 9.17) is 9.97 Å². The third-order valence-electron chi connectivity index (χ3n) is 7.98. The Hall–Kier alpha value is -3.86. The standard InChI is InChI=1S/C40H38N2S2/c1-39(2,3)23-31-20-29-15-17-41-35(37(29)43-31)27-11-7-10-26(19-27)33-12-8-9-25-13-14-28(22-34(25)33)36-38-30(16-18-42-36)21-32(44-38)24-40(4,5)6/h7-22H,23-24H2,1-6H3. The highest BCUT2D eigenvalue weighted by atomic mass is 32.1. The molecule has 0 saturated heterocycles. The maximum absolute atomic E-state index is 4.91. The van der Waals surface area contributed by atoms with Gasteiger partial charge in [0.15, 0.2) is 0 Å². The van der Waals surface area contributed by atoms with Gasteiger partial charge in [0.05, 0.1) is 20.8 Å². The summed E-state index contributed by atoms with van der Waals surface area (Å²) in [4.78, 5) is 12.6. The van der Waals surface area contributed by atoms with Crippen LogP contribution < -0.4 is 0 Å². The molecule has 0 unspecified atom stereocenters. The van der Waals surface area contributed by atoms with Gasteiger partial charge in [-0.05, 0) is 92.7 Å². The minimum atomic E-state index is 0.250. The predicted molar refractivity (Wildman–Crippen MR) is 193 cm³/mol. The van der Waals surface area contributed by atoms with Crippen molar-refractivity contribution in [2.75, 3.05) is 0 Å². The zero-order valence-electron chi connectivity index (χ0n) is 26.4. The fraction of sp³-hybridized carbons (Fsp3) is 0.250. The van der Waals surface area contributed by atoms with Crippen molar-refractivity contribution >= 4 is 53.6 Å². The van der Waals surface area contributed by atoms with E-state index >= 15 is 0 Å². The number of nitrogens with zero attached hydrogens (tertiary/aromatic N) is 2. The van der Waals surface area contributed by atoms with Crippen LogP contribution in [0.4, 0.5) is 0 Å². The van der Waals surface area contributed by atoms with Crippen molar-refractivity contribution in [3.05, 3.63) is 107 Å². The number of rotatable bonds is 5. The molecule has 0 radical (unpaired) electrons. The first-order valence-electron chi connectivity index (χ1n) is 15.4. The summed E-state index contributed by atoms with van der Waals surface area (Å²) in [6.45, 7) is 13.8. The second kappa shape index (κ2) is 10.9. The van der Waals surface area contributed by atoms with Crippen LogP contribution in [-0.4, -0.2) is 9.97 Å². The minimum absolute atomic E-state index is 0.250. The van der Waals surface area contributed by atoms with Crippen molar-refractivity contribution in [2.24, 2.45) is 10.8 Å². The monoisotopic (exact) mass is 610 g/mol. The molecule has 3 aromatic carbocycles. The maximum Gasteiger partial charge on any atom is 0.0880 e. The molecule has 0 spiro atoms. The molecule has 0 aliphatic rings. The van der Waals surface area contributed by atoms with Crippen LogP contribution in [0.15, 0.2) is 97.3 Å². The second-order valence-electron chi connectivity index (χ2n) is 14.4. The number of aromatic nitrogens is 2. The highest BCUT2D eigenvalue weighted by Crippen LogP contribution is 2.40. The lowest BCUT2D eigenvalue weighted by Crippen LogP contribution is -2.07. The van der Waals surface area contributed by atoms with E-state index in [9.17, 15) is 0 Å². The first-order valence-corrected chi connectivity index (χ1v) is 17.0. The number of hydrogen-bond donors (Lipinski definition) is 0. The van der Waals surface area contributed by atoms with E-state index in [1.54, 1.807) is 0 Å². The average molecular weight is 611 g/mol. The van der Waals surface area contributed by atoms with E-state index in [0.717, 1.165) is 35.4 Å². The molecule has 0 saturated carbocycles. The molecular weight excluding hydrogens is 573 g/mol. The predicted octanol–water partition coefficient (Wildman–Crippen LogP) is 12.2. The Morgan fingerprint density at radius 1 is 0.523 bits per heavy atom. The molecule has 0 aliphatic heterocycles. The molecule has 44 heavy (non-hydrogen) atoms. The van der Waals surface area contributed by atoms with Gasteiger partial charge in [0, 0.05) is 33.3 Å². The van der Waals surface area contributed by atoms with Gasteiger partial charge < -0.3 is 0 Å². The van der Waals surface area contributed by atoms with Crippen molar-refractivity contribution in [2.45, 2.75) is 54.4 Å². The van der Waals surface area contributed by atoms with Crippen LogP contribution in [0.25, 0.3) is 64.6 Å². The van der Waals surface area contributed by atoms with Crippen LogP contribution in [0.5, 0.6) is 0 Å². The summed E-state index contributed by atoms with van der Waals surface area (Å²) in [7, 11) is 0. The number of thiophene rings is 2. The molecule has 7 aromatic rings. The summed E-state index contributed by atoms with van der Waals surface area (Å²) in [6, 6.07) is 31.3. The summed E-state index contributed by atoms with van der Waals surface area (Å²) in [5, 5.41) is 5.03. The van der Waals surface area contributed by atoms with Gasteiger partial charge in [0.2, 0.25) is 0 Å². The second-order valence-corrected chi connectivity index (χ2v) is 16.7. The molecule has 0 amide bonds. The van der Waals surface area contributed by atoms with Gasteiger partial charge in [0.1, 0.15) is 0 Å². The maximum atomic E-state index is 4.91. The number of fused-ring (bicyclic) bond motifs is 3. The third kappa shape index (κ3) is 5.81. The van der Waals surface area contributed by atoms with Crippen molar-refractivity contribution in [3.8, 4) is 33.6 Å². The van der Waals surface area contributed by atoms with E-state index in [2.05, 4.69) is 126 Å². The lowest BCUT2D eigenvalue weighted by atomic mass is 9.91. The first kappa shape index (κ1) is 28.9. The zero-order valence-corrected chi connectivity index (χ0v) is 28.0. The Morgan fingerprint density at radius 3 is 1.66 bits per heavy atom. The molecular formula is C40H38N2S2. The van der Waals surface area contributed by atoms with Crippen molar-refractivity contribution in [3.63, 3.8) is 0 Å². The van der Waals surface area contributed by atoms with Crippen LogP contribution in [0.1, 0.15) is 51.3 Å². The van der Waals surface area contributed by atoms with E-state index in [-0.39, 0.29) is 10.8 Å². The third-order valence-corrected chi connectivity index (χ3v) is 10.3. The Kier molecular flexibility index (Phi) is 7.18. The van der Waals surface area contributed by atoms with Crippen LogP contribution in [0, 0.1) is 10.8 Å².